The first kappa shape index (κ1) is 22.4. The van der Waals surface area contributed by atoms with Crippen molar-refractivity contribution >= 4 is 21.4 Å². The number of benzene rings is 2. The molecule has 3 aromatic heterocycles. The second-order valence-corrected chi connectivity index (χ2v) is 9.64. The Morgan fingerprint density at radius 2 is 1.86 bits per heavy atom. The third kappa shape index (κ3) is 4.38. The van der Waals surface area contributed by atoms with Gasteiger partial charge in [-0.15, -0.1) is 0 Å². The molecule has 0 aliphatic heterocycles. The van der Waals surface area contributed by atoms with E-state index in [0.717, 1.165) is 11.2 Å². The molecule has 0 atom stereocenters. The minimum Gasteiger partial charge on any atom is -0.495 e. The fourth-order valence-corrected chi connectivity index (χ4v) is 5.10. The molecule has 35 heavy (non-hydrogen) atoms. The number of nitrogens with zero attached hydrogens (tertiary/aromatic N) is 4. The molecule has 10 heteroatoms. The van der Waals surface area contributed by atoms with Gasteiger partial charge in [-0.2, -0.15) is 5.10 Å². The van der Waals surface area contributed by atoms with Crippen molar-refractivity contribution in [1.29, 1.82) is 0 Å². The number of carbonyl (C=O) groups excluding carboxylic acids is 1. The van der Waals surface area contributed by atoms with Crippen LogP contribution < -0.4 is 10.1 Å². The van der Waals surface area contributed by atoms with Crippen LogP contribution in [-0.2, 0) is 16.4 Å². The van der Waals surface area contributed by atoms with Gasteiger partial charge in [0.05, 0.1) is 23.3 Å². The summed E-state index contributed by atoms with van der Waals surface area (Å²) in [6, 6.07) is 16.5. The van der Waals surface area contributed by atoms with E-state index in [9.17, 15) is 13.2 Å². The lowest BCUT2D eigenvalue weighted by atomic mass is 10.2. The molecule has 3 heterocycles. The molecular formula is C25H21N5O4S. The zero-order valence-electron chi connectivity index (χ0n) is 18.7. The molecule has 0 unspecified atom stereocenters. The summed E-state index contributed by atoms with van der Waals surface area (Å²) in [6.45, 7) is 0.253. The number of imidazole rings is 1. The molecular weight excluding hydrogens is 466 g/mol. The van der Waals surface area contributed by atoms with E-state index < -0.39 is 9.84 Å². The summed E-state index contributed by atoms with van der Waals surface area (Å²) in [5, 5.41) is 7.01. The maximum absolute atomic E-state index is 13.3. The van der Waals surface area contributed by atoms with E-state index in [-0.39, 0.29) is 28.0 Å². The molecule has 0 aliphatic carbocycles. The lowest BCUT2D eigenvalue weighted by Gasteiger charge is -2.12. The van der Waals surface area contributed by atoms with E-state index in [1.165, 1.54) is 25.3 Å². The van der Waals surface area contributed by atoms with Gasteiger partial charge in [-0.25, -0.2) is 18.1 Å². The Morgan fingerprint density at radius 1 is 1.03 bits per heavy atom. The molecule has 176 valence electrons. The van der Waals surface area contributed by atoms with Gasteiger partial charge in [-0.3, -0.25) is 4.79 Å². The van der Waals surface area contributed by atoms with E-state index >= 15 is 0 Å². The SMILES string of the molecule is COc1cc(-n2cccn2)ccc1S(=O)(=O)c1ccc(CNC(=O)c2ccc3nccn3c2)cc1. The maximum Gasteiger partial charge on any atom is 0.253 e. The van der Waals surface area contributed by atoms with E-state index in [1.807, 2.05) is 0 Å². The second-order valence-electron chi connectivity index (χ2n) is 7.73. The van der Waals surface area contributed by atoms with Gasteiger partial charge >= 0.3 is 0 Å². The molecule has 2 aromatic carbocycles. The van der Waals surface area contributed by atoms with Crippen LogP contribution in [0.1, 0.15) is 15.9 Å². The summed E-state index contributed by atoms with van der Waals surface area (Å²) in [6.07, 6.45) is 8.54. The number of methoxy groups -OCH3 is 1. The van der Waals surface area contributed by atoms with Crippen LogP contribution in [0.5, 0.6) is 5.75 Å². The van der Waals surface area contributed by atoms with E-state index in [4.69, 9.17) is 4.74 Å². The van der Waals surface area contributed by atoms with Gasteiger partial charge < -0.3 is 14.5 Å². The topological polar surface area (TPSA) is 108 Å². The average Bonchev–Trinajstić information content (AvgIpc) is 3.59. The van der Waals surface area contributed by atoms with Crippen LogP contribution in [0.25, 0.3) is 11.3 Å². The van der Waals surface area contributed by atoms with Gasteiger partial charge in [0.25, 0.3) is 5.91 Å². The molecule has 0 saturated carbocycles. The highest BCUT2D eigenvalue weighted by Crippen LogP contribution is 2.31. The maximum atomic E-state index is 13.3. The fourth-order valence-electron chi connectivity index (χ4n) is 3.69. The van der Waals surface area contributed by atoms with Crippen molar-refractivity contribution in [3.63, 3.8) is 0 Å². The zero-order chi connectivity index (χ0) is 24.4. The number of fused-ring (bicyclic) bond motifs is 1. The summed E-state index contributed by atoms with van der Waals surface area (Å²) in [7, 11) is -2.40. The average molecular weight is 488 g/mol. The van der Waals surface area contributed by atoms with E-state index in [0.29, 0.717) is 11.3 Å². The molecule has 1 N–H and O–H groups in total. The normalized spacial score (nSPS) is 11.5. The minimum atomic E-state index is -3.82. The third-order valence-corrected chi connectivity index (χ3v) is 7.35. The van der Waals surface area contributed by atoms with Crippen LogP contribution in [-0.4, -0.2) is 40.6 Å². The number of sulfone groups is 1. The Hall–Kier alpha value is -4.44. The minimum absolute atomic E-state index is 0.0619. The van der Waals surface area contributed by atoms with Gasteiger partial charge in [-0.05, 0) is 48.0 Å². The predicted octanol–water partition coefficient (Wildman–Crippen LogP) is 3.29. The Balaban J connectivity index is 1.31. The van der Waals surface area contributed by atoms with Crippen molar-refractivity contribution in [2.45, 2.75) is 16.3 Å². The van der Waals surface area contributed by atoms with Gasteiger partial charge in [0.1, 0.15) is 16.3 Å². The van der Waals surface area contributed by atoms with Gasteiger partial charge in [0, 0.05) is 43.6 Å². The molecule has 0 saturated heterocycles. The Bertz CT molecular complexity index is 1610. The highest BCUT2D eigenvalue weighted by Gasteiger charge is 2.23. The summed E-state index contributed by atoms with van der Waals surface area (Å²) >= 11 is 0. The lowest BCUT2D eigenvalue weighted by Crippen LogP contribution is -2.23. The number of hydrogen-bond acceptors (Lipinski definition) is 6. The molecule has 0 aliphatic rings. The first-order valence-corrected chi connectivity index (χ1v) is 12.2. The molecule has 0 fully saturated rings. The van der Waals surface area contributed by atoms with Crippen LogP contribution >= 0.6 is 0 Å². The van der Waals surface area contributed by atoms with Crippen molar-refractivity contribution in [3.05, 3.63) is 103 Å². The van der Waals surface area contributed by atoms with Crippen molar-refractivity contribution in [1.82, 2.24) is 24.5 Å². The quantitative estimate of drug-likeness (QED) is 0.378. The number of hydrogen-bond donors (Lipinski definition) is 1. The van der Waals surface area contributed by atoms with Crippen molar-refractivity contribution < 1.29 is 17.9 Å². The number of carbonyl (C=O) groups is 1. The van der Waals surface area contributed by atoms with Crippen molar-refractivity contribution in [3.8, 4) is 11.4 Å². The number of nitrogens with one attached hydrogen (secondary N) is 1. The van der Waals surface area contributed by atoms with Crippen LogP contribution in [0.15, 0.2) is 101 Å². The third-order valence-electron chi connectivity index (χ3n) is 5.54. The molecule has 9 nitrogen and oxygen atoms in total. The first-order valence-electron chi connectivity index (χ1n) is 10.7. The Morgan fingerprint density at radius 3 is 2.60 bits per heavy atom. The van der Waals surface area contributed by atoms with E-state index in [2.05, 4.69) is 15.4 Å². The predicted molar refractivity (Wildman–Crippen MR) is 128 cm³/mol. The lowest BCUT2D eigenvalue weighted by molar-refractivity contribution is 0.0950. The van der Waals surface area contributed by atoms with Crippen molar-refractivity contribution in [2.75, 3.05) is 7.11 Å². The standard InChI is InChI=1S/C25H21N5O4S/c1-34-22-15-20(30-13-2-11-28-30)6-9-23(22)35(32,33)21-7-3-18(4-8-21)16-27-25(31)19-5-10-24-26-12-14-29(24)17-19/h2-15,17H,16H2,1H3,(H,27,31). The summed E-state index contributed by atoms with van der Waals surface area (Å²) in [5.41, 5.74) is 2.71. The van der Waals surface area contributed by atoms with Crippen LogP contribution in [0.2, 0.25) is 0 Å². The summed E-state index contributed by atoms with van der Waals surface area (Å²) in [4.78, 5) is 16.9. The first-order chi connectivity index (χ1) is 17.0. The van der Waals surface area contributed by atoms with Crippen LogP contribution in [0, 0.1) is 0 Å². The van der Waals surface area contributed by atoms with Crippen LogP contribution in [0.3, 0.4) is 0 Å². The highest BCUT2D eigenvalue weighted by atomic mass is 32.2. The van der Waals surface area contributed by atoms with Gasteiger partial charge in [-0.1, -0.05) is 12.1 Å². The summed E-state index contributed by atoms with van der Waals surface area (Å²) in [5.74, 6) is -0.0106. The fraction of sp³-hybridized carbons (Fsp3) is 0.0800. The highest BCUT2D eigenvalue weighted by molar-refractivity contribution is 7.91. The molecule has 0 spiro atoms. The smallest absolute Gasteiger partial charge is 0.253 e. The van der Waals surface area contributed by atoms with Crippen LogP contribution in [0.4, 0.5) is 0 Å². The molecule has 5 rings (SSSR count). The number of amides is 1. The largest absolute Gasteiger partial charge is 0.495 e. The molecule has 0 bridgehead atoms. The van der Waals surface area contributed by atoms with E-state index in [1.54, 1.807) is 82.5 Å². The Kier molecular flexibility index (Phi) is 5.79. The Labute approximate surface area is 201 Å². The second kappa shape index (κ2) is 9.07. The van der Waals surface area contributed by atoms with Gasteiger partial charge in [0.2, 0.25) is 9.84 Å². The summed E-state index contributed by atoms with van der Waals surface area (Å²) < 4.78 is 35.3. The number of pyridine rings is 1. The van der Waals surface area contributed by atoms with Crippen molar-refractivity contribution in [2.24, 2.45) is 0 Å². The molecule has 5 aromatic rings. The number of aromatic nitrogens is 4. The zero-order valence-corrected chi connectivity index (χ0v) is 19.5. The number of ether oxygens (including phenoxy) is 1. The number of rotatable bonds is 7. The molecule has 0 radical (unpaired) electrons. The molecule has 1 amide bonds. The monoisotopic (exact) mass is 487 g/mol. The van der Waals surface area contributed by atoms with Gasteiger partial charge in [0.15, 0.2) is 0 Å².